The van der Waals surface area contributed by atoms with Crippen molar-refractivity contribution in [3.8, 4) is 0 Å². The van der Waals surface area contributed by atoms with Gasteiger partial charge in [-0.1, -0.05) is 30.3 Å². The normalized spacial score (nSPS) is 22.4. The first-order chi connectivity index (χ1) is 12.8. The molecule has 0 saturated carbocycles. The Hall–Kier alpha value is -0.860. The fourth-order valence-electron chi connectivity index (χ4n) is 3.92. The van der Waals surface area contributed by atoms with Crippen LogP contribution in [0.1, 0.15) is 25.8 Å². The SMILES string of the molecule is CCNC(=NCC(C)N1CCOCC1)N1CCC(Cc2ccccc2)C1.I. The van der Waals surface area contributed by atoms with Crippen molar-refractivity contribution < 1.29 is 4.74 Å². The van der Waals surface area contributed by atoms with Crippen LogP contribution < -0.4 is 5.32 Å². The molecule has 2 fully saturated rings. The second-order valence-electron chi connectivity index (χ2n) is 7.48. The molecule has 27 heavy (non-hydrogen) atoms. The topological polar surface area (TPSA) is 40.1 Å². The molecule has 5 nitrogen and oxygen atoms in total. The second-order valence-corrected chi connectivity index (χ2v) is 7.48. The van der Waals surface area contributed by atoms with E-state index in [1.807, 2.05) is 0 Å². The minimum absolute atomic E-state index is 0. The number of rotatable bonds is 6. The molecular formula is C21H35IN4O. The summed E-state index contributed by atoms with van der Waals surface area (Å²) < 4.78 is 5.46. The molecule has 1 aromatic rings. The molecule has 2 heterocycles. The molecule has 2 aliphatic rings. The van der Waals surface area contributed by atoms with Crippen molar-refractivity contribution in [3.05, 3.63) is 35.9 Å². The van der Waals surface area contributed by atoms with Crippen molar-refractivity contribution in [3.63, 3.8) is 0 Å². The summed E-state index contributed by atoms with van der Waals surface area (Å²) in [4.78, 5) is 9.89. The Morgan fingerprint density at radius 3 is 2.67 bits per heavy atom. The van der Waals surface area contributed by atoms with E-state index < -0.39 is 0 Å². The first kappa shape index (κ1) is 22.4. The van der Waals surface area contributed by atoms with Crippen molar-refractivity contribution in [2.24, 2.45) is 10.9 Å². The number of aliphatic imine (C=N–C) groups is 1. The third-order valence-electron chi connectivity index (χ3n) is 5.46. The van der Waals surface area contributed by atoms with E-state index in [1.165, 1.54) is 18.4 Å². The van der Waals surface area contributed by atoms with E-state index in [0.29, 0.717) is 6.04 Å². The van der Waals surface area contributed by atoms with Crippen LogP contribution in [0.5, 0.6) is 0 Å². The minimum atomic E-state index is 0. The zero-order chi connectivity index (χ0) is 18.2. The van der Waals surface area contributed by atoms with Gasteiger partial charge in [0.05, 0.1) is 19.8 Å². The van der Waals surface area contributed by atoms with Crippen LogP contribution in [0.2, 0.25) is 0 Å². The number of morpholine rings is 1. The maximum Gasteiger partial charge on any atom is 0.193 e. The van der Waals surface area contributed by atoms with Crippen LogP contribution in [0.25, 0.3) is 0 Å². The summed E-state index contributed by atoms with van der Waals surface area (Å²) in [5, 5.41) is 3.50. The lowest BCUT2D eigenvalue weighted by molar-refractivity contribution is 0.0220. The van der Waals surface area contributed by atoms with Gasteiger partial charge in [0.1, 0.15) is 0 Å². The molecule has 0 amide bonds. The molecule has 1 aromatic carbocycles. The van der Waals surface area contributed by atoms with Crippen LogP contribution in [0, 0.1) is 5.92 Å². The van der Waals surface area contributed by atoms with Crippen molar-refractivity contribution >= 4 is 29.9 Å². The van der Waals surface area contributed by atoms with E-state index in [1.54, 1.807) is 0 Å². The molecule has 0 aromatic heterocycles. The maximum absolute atomic E-state index is 5.46. The summed E-state index contributed by atoms with van der Waals surface area (Å²) in [6, 6.07) is 11.3. The van der Waals surface area contributed by atoms with Crippen LogP contribution in [0.4, 0.5) is 0 Å². The van der Waals surface area contributed by atoms with E-state index in [4.69, 9.17) is 9.73 Å². The van der Waals surface area contributed by atoms with E-state index in [-0.39, 0.29) is 24.0 Å². The van der Waals surface area contributed by atoms with Crippen LogP contribution in [-0.2, 0) is 11.2 Å². The highest BCUT2D eigenvalue weighted by molar-refractivity contribution is 14.0. The Bertz CT molecular complexity index is 563. The summed E-state index contributed by atoms with van der Waals surface area (Å²) >= 11 is 0. The van der Waals surface area contributed by atoms with Gasteiger partial charge in [-0.15, -0.1) is 24.0 Å². The smallest absolute Gasteiger partial charge is 0.193 e. The van der Waals surface area contributed by atoms with Gasteiger partial charge in [-0.3, -0.25) is 9.89 Å². The van der Waals surface area contributed by atoms with Gasteiger partial charge in [0.2, 0.25) is 0 Å². The maximum atomic E-state index is 5.46. The third kappa shape index (κ3) is 6.91. The van der Waals surface area contributed by atoms with E-state index in [2.05, 4.69) is 59.3 Å². The van der Waals surface area contributed by atoms with Crippen LogP contribution >= 0.6 is 24.0 Å². The fraction of sp³-hybridized carbons (Fsp3) is 0.667. The molecule has 152 valence electrons. The summed E-state index contributed by atoms with van der Waals surface area (Å²) in [6.07, 6.45) is 2.42. The highest BCUT2D eigenvalue weighted by Crippen LogP contribution is 2.21. The molecule has 3 rings (SSSR count). The quantitative estimate of drug-likeness (QED) is 0.382. The molecule has 2 unspecified atom stereocenters. The Kier molecular flexibility index (Phi) is 9.86. The lowest BCUT2D eigenvalue weighted by Crippen LogP contribution is -2.45. The Balaban J connectivity index is 0.00000261. The summed E-state index contributed by atoms with van der Waals surface area (Å²) in [7, 11) is 0. The van der Waals surface area contributed by atoms with Crippen LogP contribution in [0.15, 0.2) is 35.3 Å². The monoisotopic (exact) mass is 486 g/mol. The van der Waals surface area contributed by atoms with Gasteiger partial charge < -0.3 is 15.0 Å². The van der Waals surface area contributed by atoms with E-state index in [0.717, 1.165) is 64.4 Å². The number of likely N-dealkylation sites (tertiary alicyclic amines) is 1. The largest absolute Gasteiger partial charge is 0.379 e. The van der Waals surface area contributed by atoms with Crippen molar-refractivity contribution in [1.82, 2.24) is 15.1 Å². The zero-order valence-corrected chi connectivity index (χ0v) is 19.1. The average Bonchev–Trinajstić information content (AvgIpc) is 3.14. The molecule has 2 aliphatic heterocycles. The number of hydrogen-bond acceptors (Lipinski definition) is 3. The predicted octanol–water partition coefficient (Wildman–Crippen LogP) is 2.86. The molecule has 0 aliphatic carbocycles. The lowest BCUT2D eigenvalue weighted by Gasteiger charge is -2.32. The Morgan fingerprint density at radius 2 is 1.96 bits per heavy atom. The summed E-state index contributed by atoms with van der Waals surface area (Å²) in [5.41, 5.74) is 1.45. The number of hydrogen-bond donors (Lipinski definition) is 1. The van der Waals surface area contributed by atoms with Crippen molar-refractivity contribution in [1.29, 1.82) is 0 Å². The number of nitrogens with zero attached hydrogens (tertiary/aromatic N) is 3. The summed E-state index contributed by atoms with van der Waals surface area (Å²) in [5.74, 6) is 1.81. The van der Waals surface area contributed by atoms with Gasteiger partial charge in [0.25, 0.3) is 0 Å². The Labute approximate surface area is 181 Å². The molecule has 2 saturated heterocycles. The van der Waals surface area contributed by atoms with E-state index in [9.17, 15) is 0 Å². The lowest BCUT2D eigenvalue weighted by atomic mass is 9.99. The molecule has 2 atom stereocenters. The molecule has 0 radical (unpaired) electrons. The predicted molar refractivity (Wildman–Crippen MR) is 123 cm³/mol. The molecule has 6 heteroatoms. The van der Waals surface area contributed by atoms with Crippen LogP contribution in [-0.4, -0.2) is 74.3 Å². The number of benzene rings is 1. The first-order valence-corrected chi connectivity index (χ1v) is 10.1. The number of halogens is 1. The van der Waals surface area contributed by atoms with Gasteiger partial charge >= 0.3 is 0 Å². The first-order valence-electron chi connectivity index (χ1n) is 10.1. The fourth-order valence-corrected chi connectivity index (χ4v) is 3.92. The Morgan fingerprint density at radius 1 is 1.22 bits per heavy atom. The van der Waals surface area contributed by atoms with Gasteiger partial charge in [-0.05, 0) is 38.2 Å². The van der Waals surface area contributed by atoms with Gasteiger partial charge in [0, 0.05) is 38.8 Å². The highest BCUT2D eigenvalue weighted by atomic mass is 127. The van der Waals surface area contributed by atoms with Gasteiger partial charge in [-0.2, -0.15) is 0 Å². The summed E-state index contributed by atoms with van der Waals surface area (Å²) in [6.45, 7) is 12.2. The number of nitrogens with one attached hydrogen (secondary N) is 1. The third-order valence-corrected chi connectivity index (χ3v) is 5.46. The van der Waals surface area contributed by atoms with Crippen molar-refractivity contribution in [2.45, 2.75) is 32.7 Å². The van der Waals surface area contributed by atoms with E-state index >= 15 is 0 Å². The van der Waals surface area contributed by atoms with Gasteiger partial charge in [0.15, 0.2) is 5.96 Å². The minimum Gasteiger partial charge on any atom is -0.379 e. The molecule has 1 N–H and O–H groups in total. The zero-order valence-electron chi connectivity index (χ0n) is 16.8. The molecular weight excluding hydrogens is 451 g/mol. The standard InChI is InChI=1S/C21H34N4O.HI/c1-3-22-21(23-16-18(2)24-11-13-26-14-12-24)25-10-9-20(17-25)15-19-7-5-4-6-8-19;/h4-8,18,20H,3,9-17H2,1-2H3,(H,22,23);1H. The number of guanidine groups is 1. The molecule has 0 spiro atoms. The van der Waals surface area contributed by atoms with Crippen LogP contribution in [0.3, 0.4) is 0 Å². The van der Waals surface area contributed by atoms with Crippen molar-refractivity contribution in [2.75, 3.05) is 52.5 Å². The molecule has 0 bridgehead atoms. The average molecular weight is 486 g/mol. The highest BCUT2D eigenvalue weighted by Gasteiger charge is 2.25. The second kappa shape index (κ2) is 11.9. The number of ether oxygens (including phenoxy) is 1. The van der Waals surface area contributed by atoms with Gasteiger partial charge in [-0.25, -0.2) is 0 Å².